The molecule has 1 amide bonds. The zero-order valence-corrected chi connectivity index (χ0v) is 22.5. The summed E-state index contributed by atoms with van der Waals surface area (Å²) in [5.74, 6) is 1.49. The second-order valence-electron chi connectivity index (χ2n) is 12.8. The number of rotatable bonds is 5. The average Bonchev–Trinajstić information content (AvgIpc) is 3.68. The maximum atomic E-state index is 13.7. The van der Waals surface area contributed by atoms with Crippen molar-refractivity contribution in [2.24, 2.45) is 5.92 Å². The number of hydrogen-bond donors (Lipinski definition) is 2. The van der Waals surface area contributed by atoms with Gasteiger partial charge in [0.2, 0.25) is 5.91 Å². The molecule has 2 saturated carbocycles. The van der Waals surface area contributed by atoms with E-state index in [1.165, 1.54) is 23.8 Å². The SMILES string of the molecule is CN(C(=O)Cc1ccc2ccccc2c1)[C@@H]1CC[C@@]2(O)[C@H]3Cc4ccc(O)c5c4[C@@]2(CCN3CC2CC2)[C@H]1O5. The molecule has 2 N–H and O–H groups in total. The fraction of sp³-hybridized carbons (Fsp3) is 0.485. The Morgan fingerprint density at radius 3 is 2.72 bits per heavy atom. The summed E-state index contributed by atoms with van der Waals surface area (Å²) in [5, 5.41) is 25.9. The number of piperidine rings is 1. The zero-order chi connectivity index (χ0) is 26.5. The van der Waals surface area contributed by atoms with E-state index in [9.17, 15) is 15.0 Å². The third kappa shape index (κ3) is 3.25. The Hall–Kier alpha value is -3.09. The van der Waals surface area contributed by atoms with Gasteiger partial charge in [-0.25, -0.2) is 0 Å². The van der Waals surface area contributed by atoms with Gasteiger partial charge in [0.1, 0.15) is 6.10 Å². The second kappa shape index (κ2) is 8.21. The Bertz CT molecular complexity index is 1500. The number of amides is 1. The minimum atomic E-state index is -0.935. The summed E-state index contributed by atoms with van der Waals surface area (Å²) >= 11 is 0. The van der Waals surface area contributed by atoms with Crippen LogP contribution in [0.4, 0.5) is 0 Å². The molecule has 1 saturated heterocycles. The molecule has 39 heavy (non-hydrogen) atoms. The topological polar surface area (TPSA) is 73.2 Å². The quantitative estimate of drug-likeness (QED) is 0.524. The van der Waals surface area contributed by atoms with E-state index in [0.29, 0.717) is 25.0 Å². The number of carbonyl (C=O) groups excluding carboxylic acids is 1. The summed E-state index contributed by atoms with van der Waals surface area (Å²) in [4.78, 5) is 18.1. The maximum Gasteiger partial charge on any atom is 0.227 e. The molecule has 8 rings (SSSR count). The van der Waals surface area contributed by atoms with Gasteiger partial charge in [0.15, 0.2) is 11.5 Å². The van der Waals surface area contributed by atoms with Crippen molar-refractivity contribution in [3.63, 3.8) is 0 Å². The summed E-state index contributed by atoms with van der Waals surface area (Å²) in [7, 11) is 1.89. The molecular formula is C33H36N2O4. The Labute approximate surface area is 229 Å². The van der Waals surface area contributed by atoms with Gasteiger partial charge in [-0.05, 0) is 79.0 Å². The molecule has 2 heterocycles. The van der Waals surface area contributed by atoms with Crippen LogP contribution >= 0.6 is 0 Å². The molecule has 3 aromatic rings. The van der Waals surface area contributed by atoms with Crippen LogP contribution in [-0.4, -0.2) is 69.8 Å². The van der Waals surface area contributed by atoms with Crippen molar-refractivity contribution in [2.75, 3.05) is 20.1 Å². The van der Waals surface area contributed by atoms with Crippen molar-refractivity contribution in [2.45, 2.75) is 74.1 Å². The highest BCUT2D eigenvalue weighted by molar-refractivity contribution is 5.85. The normalized spacial score (nSPS) is 32.5. The van der Waals surface area contributed by atoms with Gasteiger partial charge in [0, 0.05) is 25.2 Å². The molecule has 2 bridgehead atoms. The summed E-state index contributed by atoms with van der Waals surface area (Å²) in [6.07, 6.45) is 5.40. The lowest BCUT2D eigenvalue weighted by Crippen LogP contribution is -2.78. The van der Waals surface area contributed by atoms with E-state index < -0.39 is 11.0 Å². The first-order valence-electron chi connectivity index (χ1n) is 14.6. The van der Waals surface area contributed by atoms with E-state index in [0.717, 1.165) is 48.4 Å². The molecule has 0 aromatic heterocycles. The molecule has 2 aliphatic heterocycles. The zero-order valence-electron chi connectivity index (χ0n) is 22.5. The molecule has 202 valence electrons. The van der Waals surface area contributed by atoms with E-state index in [2.05, 4.69) is 29.2 Å². The summed E-state index contributed by atoms with van der Waals surface area (Å²) < 4.78 is 6.67. The van der Waals surface area contributed by atoms with Crippen LogP contribution in [0.25, 0.3) is 10.8 Å². The third-order valence-corrected chi connectivity index (χ3v) is 10.8. The molecule has 5 atom stereocenters. The predicted octanol–water partition coefficient (Wildman–Crippen LogP) is 4.18. The minimum absolute atomic E-state index is 0.0421. The van der Waals surface area contributed by atoms with Crippen LogP contribution in [0, 0.1) is 5.92 Å². The monoisotopic (exact) mass is 524 g/mol. The number of fused-ring (bicyclic) bond motifs is 1. The van der Waals surface area contributed by atoms with Crippen LogP contribution in [0.5, 0.6) is 11.5 Å². The smallest absolute Gasteiger partial charge is 0.227 e. The molecule has 0 unspecified atom stereocenters. The maximum absolute atomic E-state index is 13.7. The van der Waals surface area contributed by atoms with Crippen molar-refractivity contribution in [3.05, 3.63) is 71.3 Å². The van der Waals surface area contributed by atoms with Crippen molar-refractivity contribution in [3.8, 4) is 11.5 Å². The summed E-state index contributed by atoms with van der Waals surface area (Å²) in [5.41, 5.74) is 1.65. The molecule has 1 spiro atoms. The van der Waals surface area contributed by atoms with Gasteiger partial charge in [-0.2, -0.15) is 0 Å². The van der Waals surface area contributed by atoms with E-state index in [4.69, 9.17) is 4.74 Å². The minimum Gasteiger partial charge on any atom is -0.504 e. The Balaban J connectivity index is 1.14. The van der Waals surface area contributed by atoms with Gasteiger partial charge in [-0.15, -0.1) is 0 Å². The van der Waals surface area contributed by atoms with Crippen LogP contribution < -0.4 is 4.74 Å². The molecule has 3 aromatic carbocycles. The number of aliphatic hydroxyl groups is 1. The number of likely N-dealkylation sites (tertiary alicyclic amines) is 1. The second-order valence-corrected chi connectivity index (χ2v) is 12.8. The van der Waals surface area contributed by atoms with E-state index in [1.54, 1.807) is 6.07 Å². The fourth-order valence-electron chi connectivity index (χ4n) is 8.68. The molecule has 3 aliphatic carbocycles. The van der Waals surface area contributed by atoms with Gasteiger partial charge in [-0.3, -0.25) is 9.69 Å². The first-order valence-corrected chi connectivity index (χ1v) is 14.6. The number of ether oxygens (including phenoxy) is 1. The lowest BCUT2D eigenvalue weighted by atomic mass is 9.48. The molecular weight excluding hydrogens is 488 g/mol. The van der Waals surface area contributed by atoms with Crippen LogP contribution in [0.3, 0.4) is 0 Å². The first kappa shape index (κ1) is 23.8. The largest absolute Gasteiger partial charge is 0.504 e. The summed E-state index contributed by atoms with van der Waals surface area (Å²) in [6, 6.07) is 18.1. The number of hydrogen-bond acceptors (Lipinski definition) is 5. The van der Waals surface area contributed by atoms with Crippen molar-refractivity contribution in [1.29, 1.82) is 0 Å². The number of nitrogens with zero attached hydrogens (tertiary/aromatic N) is 2. The van der Waals surface area contributed by atoms with Crippen molar-refractivity contribution < 1.29 is 19.7 Å². The van der Waals surface area contributed by atoms with Gasteiger partial charge in [0.05, 0.1) is 23.5 Å². The van der Waals surface area contributed by atoms with Crippen LogP contribution in [-0.2, 0) is 23.1 Å². The highest BCUT2D eigenvalue weighted by atomic mass is 16.5. The lowest BCUT2D eigenvalue weighted by Gasteiger charge is -2.64. The standard InChI is InChI=1S/C33H36N2O4/c1-34(28(37)17-21-8-9-22-4-2-3-5-23(22)16-21)25-12-13-33(38)27-18-24-10-11-26(36)30-29(24)32(33,31(25)39-30)14-15-35(27)19-20-6-7-20/h2-5,8-11,16,20,25,27,31,36,38H,6-7,12-15,17-19H2,1H3/t25-,27-,31+,32+,33-/m1/s1. The Morgan fingerprint density at radius 1 is 1.08 bits per heavy atom. The Morgan fingerprint density at radius 2 is 1.90 bits per heavy atom. The van der Waals surface area contributed by atoms with Crippen molar-refractivity contribution in [1.82, 2.24) is 9.80 Å². The van der Waals surface area contributed by atoms with Gasteiger partial charge < -0.3 is 19.8 Å². The van der Waals surface area contributed by atoms with Gasteiger partial charge in [0.25, 0.3) is 0 Å². The van der Waals surface area contributed by atoms with Gasteiger partial charge >= 0.3 is 0 Å². The number of likely N-dealkylation sites (N-methyl/N-ethyl adjacent to an activating group) is 1. The highest BCUT2D eigenvalue weighted by Gasteiger charge is 2.73. The van der Waals surface area contributed by atoms with Crippen LogP contribution in [0.15, 0.2) is 54.6 Å². The van der Waals surface area contributed by atoms with Crippen LogP contribution in [0.2, 0.25) is 0 Å². The number of carbonyl (C=O) groups is 1. The molecule has 5 aliphatic rings. The molecule has 6 nitrogen and oxygen atoms in total. The Kier molecular flexibility index (Phi) is 5.01. The first-order chi connectivity index (χ1) is 18.9. The number of phenolic OH excluding ortho intramolecular Hbond substituents is 1. The molecule has 3 fully saturated rings. The van der Waals surface area contributed by atoms with E-state index in [1.807, 2.05) is 36.2 Å². The fourth-order valence-corrected chi connectivity index (χ4v) is 8.68. The predicted molar refractivity (Wildman–Crippen MR) is 149 cm³/mol. The number of phenols is 1. The van der Waals surface area contributed by atoms with E-state index >= 15 is 0 Å². The molecule has 6 heteroatoms. The average molecular weight is 525 g/mol. The van der Waals surface area contributed by atoms with Crippen LogP contribution in [0.1, 0.15) is 48.8 Å². The number of aromatic hydroxyl groups is 1. The number of benzene rings is 3. The third-order valence-electron chi connectivity index (χ3n) is 10.8. The summed E-state index contributed by atoms with van der Waals surface area (Å²) in [6.45, 7) is 1.97. The van der Waals surface area contributed by atoms with Crippen molar-refractivity contribution >= 4 is 16.7 Å². The van der Waals surface area contributed by atoms with E-state index in [-0.39, 0.29) is 29.8 Å². The molecule has 0 radical (unpaired) electrons. The lowest BCUT2D eigenvalue weighted by molar-refractivity contribution is -0.200. The van der Waals surface area contributed by atoms with Gasteiger partial charge in [-0.1, -0.05) is 48.5 Å². The highest BCUT2D eigenvalue weighted by Crippen LogP contribution is 2.66.